The number of likely N-dealkylation sites (tertiary alicyclic amines) is 1. The summed E-state index contributed by atoms with van der Waals surface area (Å²) in [6.07, 6.45) is 3.92. The van der Waals surface area contributed by atoms with Gasteiger partial charge in [0.25, 0.3) is 0 Å². The average Bonchev–Trinajstić information content (AvgIpc) is 2.18. The molecule has 0 aromatic rings. The third-order valence-electron chi connectivity index (χ3n) is 2.04. The molecular formula is C8H16NNaO2. The van der Waals surface area contributed by atoms with Crippen molar-refractivity contribution >= 4 is 35.5 Å². The Morgan fingerprint density at radius 2 is 2.08 bits per heavy atom. The van der Waals surface area contributed by atoms with Gasteiger partial charge in [-0.1, -0.05) is 6.42 Å². The van der Waals surface area contributed by atoms with Gasteiger partial charge >= 0.3 is 29.6 Å². The molecule has 1 fully saturated rings. The number of hydrogen-bond acceptors (Lipinski definition) is 2. The van der Waals surface area contributed by atoms with Crippen LogP contribution < -0.4 is 0 Å². The molecule has 0 bridgehead atoms. The van der Waals surface area contributed by atoms with Crippen LogP contribution in [0.3, 0.4) is 0 Å². The first kappa shape index (κ1) is 12.4. The van der Waals surface area contributed by atoms with E-state index in [1.807, 2.05) is 0 Å². The minimum absolute atomic E-state index is 0. The maximum absolute atomic E-state index is 11.2. The van der Waals surface area contributed by atoms with Gasteiger partial charge in [0.1, 0.15) is 0 Å². The normalized spacial score (nSPS) is 18.4. The molecule has 12 heavy (non-hydrogen) atoms. The first-order valence-corrected chi connectivity index (χ1v) is 4.23. The van der Waals surface area contributed by atoms with Gasteiger partial charge in [-0.2, -0.15) is 0 Å². The number of rotatable bonds is 2. The molecule has 0 aromatic carbocycles. The summed E-state index contributed by atoms with van der Waals surface area (Å²) in [5, 5.41) is 8.63. The van der Waals surface area contributed by atoms with Gasteiger partial charge in [0.15, 0.2) is 0 Å². The van der Waals surface area contributed by atoms with Crippen molar-refractivity contribution < 1.29 is 9.90 Å². The summed E-state index contributed by atoms with van der Waals surface area (Å²) in [7, 11) is 0. The number of carbonyl (C=O) groups is 1. The Morgan fingerprint density at radius 1 is 1.33 bits per heavy atom. The predicted molar refractivity (Wildman–Crippen MR) is 49.3 cm³/mol. The first-order valence-electron chi connectivity index (χ1n) is 4.23. The molecule has 0 spiro atoms. The molecule has 0 unspecified atom stereocenters. The standard InChI is InChI=1S/C8H15NO2.Na.H/c10-7-6-9-5-3-1-2-4-8(9)11;;/h10H,1-7H2;;. The van der Waals surface area contributed by atoms with E-state index in [0.717, 1.165) is 25.8 Å². The van der Waals surface area contributed by atoms with E-state index in [-0.39, 0.29) is 42.1 Å². The molecule has 4 heteroatoms. The SMILES string of the molecule is O=C1CCCCCN1CCO.[NaH]. The monoisotopic (exact) mass is 181 g/mol. The molecule has 1 amide bonds. The summed E-state index contributed by atoms with van der Waals surface area (Å²) in [5.74, 6) is 0.205. The van der Waals surface area contributed by atoms with E-state index in [0.29, 0.717) is 13.0 Å². The number of β-amino-alcohol motifs (C(OH)–C–C–N with tert-alkyl or cyclic N) is 1. The summed E-state index contributed by atoms with van der Waals surface area (Å²) in [5.41, 5.74) is 0. The summed E-state index contributed by atoms with van der Waals surface area (Å²) < 4.78 is 0. The molecule has 0 atom stereocenters. The molecule has 1 aliphatic rings. The van der Waals surface area contributed by atoms with Crippen molar-refractivity contribution in [3.05, 3.63) is 0 Å². The zero-order valence-electron chi connectivity index (χ0n) is 6.75. The van der Waals surface area contributed by atoms with Crippen LogP contribution in [0.1, 0.15) is 25.7 Å². The molecule has 0 saturated carbocycles. The Morgan fingerprint density at radius 3 is 2.75 bits per heavy atom. The van der Waals surface area contributed by atoms with Crippen LogP contribution in [0.15, 0.2) is 0 Å². The number of hydrogen-bond donors (Lipinski definition) is 1. The van der Waals surface area contributed by atoms with Gasteiger partial charge in [-0.05, 0) is 12.8 Å². The molecule has 1 saturated heterocycles. The van der Waals surface area contributed by atoms with Crippen LogP contribution in [0, 0.1) is 0 Å². The summed E-state index contributed by atoms with van der Waals surface area (Å²) >= 11 is 0. The average molecular weight is 181 g/mol. The van der Waals surface area contributed by atoms with Crippen LogP contribution in [0.25, 0.3) is 0 Å². The third-order valence-corrected chi connectivity index (χ3v) is 2.04. The Hall–Kier alpha value is 0.430. The van der Waals surface area contributed by atoms with Crippen LogP contribution in [0.4, 0.5) is 0 Å². The summed E-state index contributed by atoms with van der Waals surface area (Å²) in [4.78, 5) is 13.0. The van der Waals surface area contributed by atoms with E-state index in [1.54, 1.807) is 4.90 Å². The zero-order chi connectivity index (χ0) is 8.10. The number of aliphatic hydroxyl groups excluding tert-OH is 1. The minimum atomic E-state index is 0. The van der Waals surface area contributed by atoms with Crippen molar-refractivity contribution in [2.45, 2.75) is 25.7 Å². The summed E-state index contributed by atoms with van der Waals surface area (Å²) in [6.45, 7) is 1.43. The fourth-order valence-corrected chi connectivity index (χ4v) is 1.40. The fourth-order valence-electron chi connectivity index (χ4n) is 1.40. The Balaban J connectivity index is 0.00000121. The molecule has 1 aliphatic heterocycles. The van der Waals surface area contributed by atoms with E-state index in [1.165, 1.54) is 0 Å². The van der Waals surface area contributed by atoms with Crippen molar-refractivity contribution in [2.75, 3.05) is 19.7 Å². The van der Waals surface area contributed by atoms with Crippen molar-refractivity contribution in [1.82, 2.24) is 4.90 Å². The van der Waals surface area contributed by atoms with Crippen molar-refractivity contribution in [1.29, 1.82) is 0 Å². The van der Waals surface area contributed by atoms with Gasteiger partial charge in [0.2, 0.25) is 5.91 Å². The number of nitrogens with zero attached hydrogens (tertiary/aromatic N) is 1. The molecule has 66 valence electrons. The molecule has 0 aromatic heterocycles. The van der Waals surface area contributed by atoms with Crippen LogP contribution in [-0.4, -0.2) is 65.2 Å². The molecular weight excluding hydrogens is 165 g/mol. The Kier molecular flexibility index (Phi) is 7.14. The van der Waals surface area contributed by atoms with Gasteiger partial charge < -0.3 is 10.0 Å². The van der Waals surface area contributed by atoms with Crippen LogP contribution >= 0.6 is 0 Å². The Labute approximate surface area is 95.4 Å². The number of carbonyl (C=O) groups excluding carboxylic acids is 1. The van der Waals surface area contributed by atoms with E-state index in [2.05, 4.69) is 0 Å². The van der Waals surface area contributed by atoms with Crippen molar-refractivity contribution in [3.63, 3.8) is 0 Å². The topological polar surface area (TPSA) is 40.5 Å². The van der Waals surface area contributed by atoms with E-state index in [4.69, 9.17) is 5.11 Å². The van der Waals surface area contributed by atoms with Gasteiger partial charge in [-0.15, -0.1) is 0 Å². The predicted octanol–water partition coefficient (Wildman–Crippen LogP) is -0.267. The maximum atomic E-state index is 11.2. The number of amides is 1. The second-order valence-corrected chi connectivity index (χ2v) is 2.92. The zero-order valence-corrected chi connectivity index (χ0v) is 6.75. The molecule has 0 aliphatic carbocycles. The van der Waals surface area contributed by atoms with Gasteiger partial charge in [-0.25, -0.2) is 0 Å². The molecule has 3 nitrogen and oxygen atoms in total. The van der Waals surface area contributed by atoms with Gasteiger partial charge in [0.05, 0.1) is 6.61 Å². The van der Waals surface area contributed by atoms with Crippen molar-refractivity contribution in [2.24, 2.45) is 0 Å². The van der Waals surface area contributed by atoms with Crippen LogP contribution in [-0.2, 0) is 4.79 Å². The van der Waals surface area contributed by atoms with Gasteiger partial charge in [-0.3, -0.25) is 4.79 Å². The fraction of sp³-hybridized carbons (Fsp3) is 0.875. The van der Waals surface area contributed by atoms with E-state index < -0.39 is 0 Å². The van der Waals surface area contributed by atoms with Crippen molar-refractivity contribution in [3.8, 4) is 0 Å². The quantitative estimate of drug-likeness (QED) is 0.596. The first-order chi connectivity index (χ1) is 5.34. The van der Waals surface area contributed by atoms with E-state index in [9.17, 15) is 4.79 Å². The van der Waals surface area contributed by atoms with Gasteiger partial charge in [0, 0.05) is 19.5 Å². The van der Waals surface area contributed by atoms with E-state index >= 15 is 0 Å². The van der Waals surface area contributed by atoms with Crippen LogP contribution in [0.5, 0.6) is 0 Å². The molecule has 1 rings (SSSR count). The van der Waals surface area contributed by atoms with Crippen LogP contribution in [0.2, 0.25) is 0 Å². The summed E-state index contributed by atoms with van der Waals surface area (Å²) in [6, 6.07) is 0. The molecule has 1 N–H and O–H groups in total. The molecule has 0 radical (unpaired) electrons. The second kappa shape index (κ2) is 6.89. The Bertz CT molecular complexity index is 141. The number of aliphatic hydroxyl groups is 1. The second-order valence-electron chi connectivity index (χ2n) is 2.92. The third kappa shape index (κ3) is 3.90. The molecule has 1 heterocycles.